The maximum atomic E-state index is 13.1. The lowest BCUT2D eigenvalue weighted by Gasteiger charge is -2.14. The van der Waals surface area contributed by atoms with E-state index >= 15 is 0 Å². The van der Waals surface area contributed by atoms with Gasteiger partial charge < -0.3 is 10.1 Å². The van der Waals surface area contributed by atoms with Crippen LogP contribution in [0.3, 0.4) is 0 Å². The van der Waals surface area contributed by atoms with Gasteiger partial charge in [-0.1, -0.05) is 23.9 Å². The molecular weight excluding hydrogens is 362 g/mol. The van der Waals surface area contributed by atoms with E-state index in [0.29, 0.717) is 35.0 Å². The Kier molecular flexibility index (Phi) is 6.13. The summed E-state index contributed by atoms with van der Waals surface area (Å²) in [6.45, 7) is 4.50. The van der Waals surface area contributed by atoms with E-state index in [1.165, 1.54) is 18.7 Å². The monoisotopic (exact) mass is 383 g/mol. The van der Waals surface area contributed by atoms with Crippen molar-refractivity contribution in [1.82, 2.24) is 14.9 Å². The lowest BCUT2D eigenvalue weighted by atomic mass is 10.2. The van der Waals surface area contributed by atoms with Crippen molar-refractivity contribution in [2.75, 3.05) is 18.9 Å². The number of hydrogen-bond donors (Lipinski definition) is 1. The summed E-state index contributed by atoms with van der Waals surface area (Å²) in [5.41, 5.74) is 1.27. The Morgan fingerprint density at radius 2 is 1.93 bits per heavy atom. The van der Waals surface area contributed by atoms with E-state index in [-0.39, 0.29) is 11.5 Å². The molecule has 0 aliphatic carbocycles. The third-order valence-electron chi connectivity index (χ3n) is 3.86. The minimum absolute atomic E-state index is 0.0778. The first-order chi connectivity index (χ1) is 13.1. The lowest BCUT2D eigenvalue weighted by Crippen LogP contribution is -2.24. The predicted octanol–water partition coefficient (Wildman–Crippen LogP) is 3.01. The fourth-order valence-corrected chi connectivity index (χ4v) is 3.53. The predicted molar refractivity (Wildman–Crippen MR) is 108 cm³/mol. The van der Waals surface area contributed by atoms with Crippen LogP contribution in [0.25, 0.3) is 16.6 Å². The Morgan fingerprint density at radius 1 is 1.19 bits per heavy atom. The Bertz CT molecular complexity index is 1000. The van der Waals surface area contributed by atoms with E-state index in [4.69, 9.17) is 4.74 Å². The smallest absolute Gasteiger partial charge is 0.266 e. The van der Waals surface area contributed by atoms with Crippen molar-refractivity contribution in [2.24, 2.45) is 0 Å². The van der Waals surface area contributed by atoms with Crippen LogP contribution in [-0.4, -0.2) is 34.4 Å². The van der Waals surface area contributed by atoms with Crippen molar-refractivity contribution in [2.45, 2.75) is 19.0 Å². The van der Waals surface area contributed by atoms with Gasteiger partial charge in [0.2, 0.25) is 5.91 Å². The van der Waals surface area contributed by atoms with Crippen LogP contribution >= 0.6 is 11.8 Å². The van der Waals surface area contributed by atoms with Gasteiger partial charge in [-0.3, -0.25) is 14.2 Å². The van der Waals surface area contributed by atoms with Crippen molar-refractivity contribution < 1.29 is 9.53 Å². The molecule has 1 N–H and O–H groups in total. The maximum Gasteiger partial charge on any atom is 0.266 e. The molecule has 3 rings (SSSR count). The molecule has 1 aromatic heterocycles. The van der Waals surface area contributed by atoms with Gasteiger partial charge in [0.05, 0.1) is 23.2 Å². The number of rotatable bonds is 7. The van der Waals surface area contributed by atoms with E-state index in [0.717, 1.165) is 11.4 Å². The van der Waals surface area contributed by atoms with Gasteiger partial charge in [0.25, 0.3) is 5.56 Å². The highest BCUT2D eigenvalue weighted by atomic mass is 32.2. The lowest BCUT2D eigenvalue weighted by molar-refractivity contribution is -0.118. The van der Waals surface area contributed by atoms with Gasteiger partial charge >= 0.3 is 0 Å². The number of nitrogens with one attached hydrogen (secondary N) is 1. The van der Waals surface area contributed by atoms with Crippen LogP contribution in [0.1, 0.15) is 13.8 Å². The molecule has 0 fully saturated rings. The minimum Gasteiger partial charge on any atom is -0.494 e. The molecule has 0 saturated carbocycles. The summed E-state index contributed by atoms with van der Waals surface area (Å²) in [5.74, 6) is 1.29. The standard InChI is InChI=1S/C20H21N3O3S/c1-3-26-16-10-8-15(9-11-16)23-19(25)17-6-4-5-7-18(17)22-20(23)27-13-12-21-14(2)24/h4-11H,3,12-13H2,1-2H3,(H,21,24). The van der Waals surface area contributed by atoms with Crippen molar-refractivity contribution in [3.05, 3.63) is 58.9 Å². The summed E-state index contributed by atoms with van der Waals surface area (Å²) in [7, 11) is 0. The number of aromatic nitrogens is 2. The quantitative estimate of drug-likeness (QED) is 0.386. The van der Waals surface area contributed by atoms with Crippen molar-refractivity contribution in [3.63, 3.8) is 0 Å². The van der Waals surface area contributed by atoms with Crippen LogP contribution in [0.5, 0.6) is 5.75 Å². The zero-order valence-corrected chi connectivity index (χ0v) is 16.1. The molecule has 0 aliphatic heterocycles. The van der Waals surface area contributed by atoms with E-state index in [2.05, 4.69) is 10.3 Å². The Hall–Kier alpha value is -2.80. The number of carbonyl (C=O) groups is 1. The van der Waals surface area contributed by atoms with Gasteiger partial charge in [-0.05, 0) is 43.3 Å². The Balaban J connectivity index is 2.02. The fraction of sp³-hybridized carbons (Fsp3) is 0.250. The third kappa shape index (κ3) is 4.49. The Labute approximate surface area is 161 Å². The zero-order valence-electron chi connectivity index (χ0n) is 15.3. The molecule has 0 bridgehead atoms. The zero-order chi connectivity index (χ0) is 19.2. The first kappa shape index (κ1) is 19.0. The molecule has 1 amide bonds. The average Bonchev–Trinajstić information content (AvgIpc) is 2.66. The first-order valence-electron chi connectivity index (χ1n) is 8.72. The molecule has 1 heterocycles. The highest BCUT2D eigenvalue weighted by Crippen LogP contribution is 2.22. The second kappa shape index (κ2) is 8.73. The maximum absolute atomic E-state index is 13.1. The van der Waals surface area contributed by atoms with Gasteiger partial charge in [-0.2, -0.15) is 0 Å². The SMILES string of the molecule is CCOc1ccc(-n2c(SCCNC(C)=O)nc3ccccc3c2=O)cc1. The number of carbonyl (C=O) groups excluding carboxylic acids is 1. The molecule has 2 aromatic carbocycles. The number of amides is 1. The van der Waals surface area contributed by atoms with Gasteiger partial charge in [-0.15, -0.1) is 0 Å². The largest absolute Gasteiger partial charge is 0.494 e. The van der Waals surface area contributed by atoms with Gasteiger partial charge in [0, 0.05) is 19.2 Å². The summed E-state index contributed by atoms with van der Waals surface area (Å²) in [6, 6.07) is 14.7. The summed E-state index contributed by atoms with van der Waals surface area (Å²) in [4.78, 5) is 28.8. The summed E-state index contributed by atoms with van der Waals surface area (Å²) >= 11 is 1.43. The molecule has 27 heavy (non-hydrogen) atoms. The summed E-state index contributed by atoms with van der Waals surface area (Å²) in [6.07, 6.45) is 0. The summed E-state index contributed by atoms with van der Waals surface area (Å²) in [5, 5.41) is 3.91. The molecule has 140 valence electrons. The molecule has 0 saturated heterocycles. The molecule has 0 aliphatic rings. The van der Waals surface area contributed by atoms with E-state index < -0.39 is 0 Å². The first-order valence-corrected chi connectivity index (χ1v) is 9.71. The van der Waals surface area contributed by atoms with Gasteiger partial charge in [-0.25, -0.2) is 4.98 Å². The molecular formula is C20H21N3O3S. The normalized spacial score (nSPS) is 10.7. The minimum atomic E-state index is -0.119. The molecule has 0 atom stereocenters. The molecule has 0 radical (unpaired) electrons. The van der Waals surface area contributed by atoms with Crippen LogP contribution < -0.4 is 15.6 Å². The fourth-order valence-electron chi connectivity index (χ4n) is 2.66. The highest BCUT2D eigenvalue weighted by Gasteiger charge is 2.13. The molecule has 7 heteroatoms. The number of benzene rings is 2. The number of para-hydroxylation sites is 1. The highest BCUT2D eigenvalue weighted by molar-refractivity contribution is 7.99. The topological polar surface area (TPSA) is 73.2 Å². The van der Waals surface area contributed by atoms with Crippen LogP contribution in [0.2, 0.25) is 0 Å². The third-order valence-corrected chi connectivity index (χ3v) is 4.80. The number of hydrogen-bond acceptors (Lipinski definition) is 5. The number of fused-ring (bicyclic) bond motifs is 1. The molecule has 6 nitrogen and oxygen atoms in total. The molecule has 0 unspecified atom stereocenters. The number of nitrogens with zero attached hydrogens (tertiary/aromatic N) is 2. The summed E-state index contributed by atoms with van der Waals surface area (Å²) < 4.78 is 7.09. The molecule has 0 spiro atoms. The van der Waals surface area contributed by atoms with Crippen LogP contribution in [0, 0.1) is 0 Å². The second-order valence-corrected chi connectivity index (χ2v) is 6.87. The van der Waals surface area contributed by atoms with Crippen molar-refractivity contribution in [1.29, 1.82) is 0 Å². The molecule has 3 aromatic rings. The van der Waals surface area contributed by atoms with Crippen LogP contribution in [-0.2, 0) is 4.79 Å². The number of ether oxygens (including phenoxy) is 1. The van der Waals surface area contributed by atoms with E-state index in [9.17, 15) is 9.59 Å². The van der Waals surface area contributed by atoms with Crippen molar-refractivity contribution >= 4 is 28.6 Å². The second-order valence-electron chi connectivity index (χ2n) is 5.81. The van der Waals surface area contributed by atoms with Crippen LogP contribution in [0.4, 0.5) is 0 Å². The van der Waals surface area contributed by atoms with Crippen LogP contribution in [0.15, 0.2) is 58.5 Å². The average molecular weight is 383 g/mol. The van der Waals surface area contributed by atoms with E-state index in [1.54, 1.807) is 10.6 Å². The Morgan fingerprint density at radius 3 is 2.63 bits per heavy atom. The number of thioether (sulfide) groups is 1. The van der Waals surface area contributed by atoms with Gasteiger partial charge in [0.1, 0.15) is 5.75 Å². The van der Waals surface area contributed by atoms with Crippen molar-refractivity contribution in [3.8, 4) is 11.4 Å². The van der Waals surface area contributed by atoms with E-state index in [1.807, 2.05) is 49.4 Å². The van der Waals surface area contributed by atoms with Gasteiger partial charge in [0.15, 0.2) is 5.16 Å².